The summed E-state index contributed by atoms with van der Waals surface area (Å²) < 4.78 is 6.34. The van der Waals surface area contributed by atoms with Gasteiger partial charge in [-0.1, -0.05) is 15.9 Å². The molecule has 0 radical (unpaired) electrons. The van der Waals surface area contributed by atoms with E-state index in [0.29, 0.717) is 0 Å². The SMILES string of the molecule is CCOCCN(C)Cc1cc(N)cc(Br)c1. The molecule has 0 bridgehead atoms. The molecule has 0 unspecified atom stereocenters. The maximum absolute atomic E-state index is 5.78. The minimum absolute atomic E-state index is 0.774. The molecule has 0 fully saturated rings. The Balaban J connectivity index is 2.45. The van der Waals surface area contributed by atoms with Crippen LogP contribution in [0, 0.1) is 0 Å². The zero-order chi connectivity index (χ0) is 12.0. The van der Waals surface area contributed by atoms with E-state index in [2.05, 4.69) is 33.9 Å². The van der Waals surface area contributed by atoms with Crippen molar-refractivity contribution >= 4 is 21.6 Å². The van der Waals surface area contributed by atoms with Crippen molar-refractivity contribution in [3.63, 3.8) is 0 Å². The van der Waals surface area contributed by atoms with E-state index in [1.165, 1.54) is 5.56 Å². The molecule has 0 saturated heterocycles. The molecular formula is C12H19BrN2O. The van der Waals surface area contributed by atoms with Gasteiger partial charge in [-0.2, -0.15) is 0 Å². The summed E-state index contributed by atoms with van der Waals surface area (Å²) in [5.41, 5.74) is 7.79. The normalized spacial score (nSPS) is 11.0. The van der Waals surface area contributed by atoms with Gasteiger partial charge in [0.25, 0.3) is 0 Å². The summed E-state index contributed by atoms with van der Waals surface area (Å²) in [6, 6.07) is 6.00. The molecular weight excluding hydrogens is 268 g/mol. The molecule has 0 saturated carbocycles. The first-order valence-corrected chi connectivity index (χ1v) is 6.22. The quantitative estimate of drug-likeness (QED) is 0.645. The molecule has 0 heterocycles. The van der Waals surface area contributed by atoms with Crippen molar-refractivity contribution in [3.8, 4) is 0 Å². The third-order valence-electron chi connectivity index (χ3n) is 2.25. The molecule has 0 spiro atoms. The van der Waals surface area contributed by atoms with Crippen LogP contribution in [0.3, 0.4) is 0 Å². The number of nitrogen functional groups attached to an aromatic ring is 1. The smallest absolute Gasteiger partial charge is 0.0593 e. The van der Waals surface area contributed by atoms with E-state index in [0.717, 1.165) is 36.5 Å². The van der Waals surface area contributed by atoms with Gasteiger partial charge in [-0.25, -0.2) is 0 Å². The van der Waals surface area contributed by atoms with E-state index in [-0.39, 0.29) is 0 Å². The lowest BCUT2D eigenvalue weighted by Gasteiger charge is -2.16. The van der Waals surface area contributed by atoms with E-state index in [9.17, 15) is 0 Å². The highest BCUT2D eigenvalue weighted by atomic mass is 79.9. The standard InChI is InChI=1S/C12H19BrN2O/c1-3-16-5-4-15(2)9-10-6-11(13)8-12(14)7-10/h6-8H,3-5,9,14H2,1-2H3. The van der Waals surface area contributed by atoms with E-state index in [1.807, 2.05) is 19.1 Å². The summed E-state index contributed by atoms with van der Waals surface area (Å²) in [6.07, 6.45) is 0. The summed E-state index contributed by atoms with van der Waals surface area (Å²) in [5.74, 6) is 0. The van der Waals surface area contributed by atoms with Crippen molar-refractivity contribution in [1.82, 2.24) is 4.90 Å². The van der Waals surface area contributed by atoms with Crippen LogP contribution in [0.25, 0.3) is 0 Å². The van der Waals surface area contributed by atoms with Crippen LogP contribution in [0.2, 0.25) is 0 Å². The number of rotatable bonds is 6. The maximum atomic E-state index is 5.78. The van der Waals surface area contributed by atoms with Gasteiger partial charge < -0.3 is 10.5 Å². The molecule has 0 amide bonds. The van der Waals surface area contributed by atoms with Gasteiger partial charge in [0.05, 0.1) is 6.61 Å². The summed E-state index contributed by atoms with van der Waals surface area (Å²) in [4.78, 5) is 2.22. The maximum Gasteiger partial charge on any atom is 0.0593 e. The highest BCUT2D eigenvalue weighted by Gasteiger charge is 2.02. The van der Waals surface area contributed by atoms with Crippen LogP contribution in [-0.2, 0) is 11.3 Å². The van der Waals surface area contributed by atoms with Crippen molar-refractivity contribution in [3.05, 3.63) is 28.2 Å². The topological polar surface area (TPSA) is 38.5 Å². The number of hydrogen-bond acceptors (Lipinski definition) is 3. The number of ether oxygens (including phenoxy) is 1. The number of likely N-dealkylation sites (N-methyl/N-ethyl adjacent to an activating group) is 1. The number of benzene rings is 1. The van der Waals surface area contributed by atoms with Crippen LogP contribution in [-0.4, -0.2) is 31.7 Å². The van der Waals surface area contributed by atoms with Gasteiger partial charge in [-0.05, 0) is 37.7 Å². The molecule has 1 rings (SSSR count). The lowest BCUT2D eigenvalue weighted by Crippen LogP contribution is -2.22. The molecule has 2 N–H and O–H groups in total. The summed E-state index contributed by atoms with van der Waals surface area (Å²) in [6.45, 7) is 5.38. The lowest BCUT2D eigenvalue weighted by molar-refractivity contribution is 0.120. The third-order valence-corrected chi connectivity index (χ3v) is 2.71. The van der Waals surface area contributed by atoms with Crippen LogP contribution in [0.1, 0.15) is 12.5 Å². The van der Waals surface area contributed by atoms with Gasteiger partial charge in [0.2, 0.25) is 0 Å². The average Bonchev–Trinajstić information content (AvgIpc) is 2.16. The van der Waals surface area contributed by atoms with Crippen molar-refractivity contribution in [1.29, 1.82) is 0 Å². The predicted molar refractivity (Wildman–Crippen MR) is 71.4 cm³/mol. The van der Waals surface area contributed by atoms with Crippen LogP contribution in [0.5, 0.6) is 0 Å². The molecule has 1 aromatic rings. The lowest BCUT2D eigenvalue weighted by atomic mass is 10.2. The van der Waals surface area contributed by atoms with E-state index in [4.69, 9.17) is 10.5 Å². The fourth-order valence-electron chi connectivity index (χ4n) is 1.52. The van der Waals surface area contributed by atoms with Crippen LogP contribution in [0.4, 0.5) is 5.69 Å². The van der Waals surface area contributed by atoms with Crippen molar-refractivity contribution in [2.75, 3.05) is 32.5 Å². The molecule has 0 aliphatic rings. The molecule has 16 heavy (non-hydrogen) atoms. The predicted octanol–water partition coefficient (Wildman–Crippen LogP) is 2.50. The minimum Gasteiger partial charge on any atom is -0.399 e. The first kappa shape index (κ1) is 13.5. The molecule has 0 aliphatic heterocycles. The zero-order valence-corrected chi connectivity index (χ0v) is 11.5. The van der Waals surface area contributed by atoms with Crippen molar-refractivity contribution in [2.45, 2.75) is 13.5 Å². The molecule has 0 aliphatic carbocycles. The van der Waals surface area contributed by atoms with Crippen molar-refractivity contribution < 1.29 is 4.74 Å². The van der Waals surface area contributed by atoms with Crippen LogP contribution >= 0.6 is 15.9 Å². The Morgan fingerprint density at radius 2 is 2.12 bits per heavy atom. The molecule has 90 valence electrons. The second-order valence-corrected chi connectivity index (χ2v) is 4.74. The Labute approximate surface area is 106 Å². The van der Waals surface area contributed by atoms with Gasteiger partial charge in [0.1, 0.15) is 0 Å². The Kier molecular flexibility index (Phi) is 5.80. The Hall–Kier alpha value is -0.580. The first-order valence-electron chi connectivity index (χ1n) is 5.43. The average molecular weight is 287 g/mol. The number of hydrogen-bond donors (Lipinski definition) is 1. The number of anilines is 1. The van der Waals surface area contributed by atoms with Gasteiger partial charge in [-0.3, -0.25) is 4.90 Å². The van der Waals surface area contributed by atoms with Gasteiger partial charge in [0, 0.05) is 29.9 Å². The van der Waals surface area contributed by atoms with E-state index >= 15 is 0 Å². The third kappa shape index (κ3) is 4.96. The number of nitrogens with zero attached hydrogens (tertiary/aromatic N) is 1. The zero-order valence-electron chi connectivity index (χ0n) is 9.87. The second kappa shape index (κ2) is 6.89. The molecule has 4 heteroatoms. The molecule has 1 aromatic carbocycles. The van der Waals surface area contributed by atoms with Crippen molar-refractivity contribution in [2.24, 2.45) is 0 Å². The Morgan fingerprint density at radius 1 is 1.38 bits per heavy atom. The first-order chi connectivity index (χ1) is 7.61. The summed E-state index contributed by atoms with van der Waals surface area (Å²) in [5, 5.41) is 0. The Morgan fingerprint density at radius 3 is 2.75 bits per heavy atom. The summed E-state index contributed by atoms with van der Waals surface area (Å²) >= 11 is 3.44. The molecule has 0 aromatic heterocycles. The Bertz CT molecular complexity index is 311. The molecule has 3 nitrogen and oxygen atoms in total. The van der Waals surface area contributed by atoms with Gasteiger partial charge in [-0.15, -0.1) is 0 Å². The fraction of sp³-hybridized carbons (Fsp3) is 0.500. The minimum atomic E-state index is 0.774. The van der Waals surface area contributed by atoms with E-state index < -0.39 is 0 Å². The fourth-order valence-corrected chi connectivity index (χ4v) is 2.08. The van der Waals surface area contributed by atoms with Crippen LogP contribution in [0.15, 0.2) is 22.7 Å². The highest BCUT2D eigenvalue weighted by molar-refractivity contribution is 9.10. The monoisotopic (exact) mass is 286 g/mol. The second-order valence-electron chi connectivity index (χ2n) is 3.83. The number of halogens is 1. The van der Waals surface area contributed by atoms with Gasteiger partial charge in [0.15, 0.2) is 0 Å². The highest BCUT2D eigenvalue weighted by Crippen LogP contribution is 2.18. The number of nitrogens with two attached hydrogens (primary N) is 1. The largest absolute Gasteiger partial charge is 0.399 e. The van der Waals surface area contributed by atoms with E-state index in [1.54, 1.807) is 0 Å². The molecule has 0 atom stereocenters. The summed E-state index contributed by atoms with van der Waals surface area (Å²) in [7, 11) is 2.08. The van der Waals surface area contributed by atoms with Gasteiger partial charge >= 0.3 is 0 Å². The van der Waals surface area contributed by atoms with Crippen LogP contribution < -0.4 is 5.73 Å².